The largest absolute Gasteiger partial charge is 0.296 e. The highest BCUT2D eigenvalue weighted by Gasteiger charge is 2.18. The molecular formula is C26H20N4O2S. The van der Waals surface area contributed by atoms with Crippen LogP contribution in [0.25, 0.3) is 22.0 Å². The lowest BCUT2D eigenvalue weighted by Gasteiger charge is -2.11. The first-order valence-corrected chi connectivity index (χ1v) is 11.3. The van der Waals surface area contributed by atoms with Gasteiger partial charge in [-0.2, -0.15) is 5.10 Å². The van der Waals surface area contributed by atoms with E-state index in [1.807, 2.05) is 66.9 Å². The third-order valence-electron chi connectivity index (χ3n) is 5.33. The second-order valence-electron chi connectivity index (χ2n) is 7.70. The Morgan fingerprint density at radius 2 is 1.64 bits per heavy atom. The zero-order chi connectivity index (χ0) is 22.8. The van der Waals surface area contributed by atoms with Crippen molar-refractivity contribution < 1.29 is 4.79 Å². The van der Waals surface area contributed by atoms with Gasteiger partial charge in [-0.3, -0.25) is 14.9 Å². The molecule has 0 saturated heterocycles. The van der Waals surface area contributed by atoms with E-state index in [9.17, 15) is 9.59 Å². The lowest BCUT2D eigenvalue weighted by molar-refractivity contribution is 0.102. The predicted molar refractivity (Wildman–Crippen MR) is 132 cm³/mol. The summed E-state index contributed by atoms with van der Waals surface area (Å²) in [5.74, 6) is -0.405. The highest BCUT2D eigenvalue weighted by Crippen LogP contribution is 2.26. The number of fused-ring (bicyclic) bond motifs is 1. The number of thiazole rings is 1. The molecule has 3 aromatic carbocycles. The summed E-state index contributed by atoms with van der Waals surface area (Å²) in [4.78, 5) is 30.8. The van der Waals surface area contributed by atoms with Crippen molar-refractivity contribution in [2.75, 3.05) is 5.32 Å². The highest BCUT2D eigenvalue weighted by molar-refractivity contribution is 7.14. The Morgan fingerprint density at radius 1 is 0.939 bits per heavy atom. The van der Waals surface area contributed by atoms with Crippen LogP contribution in [0.3, 0.4) is 0 Å². The number of nitrogens with zero attached hydrogens (tertiary/aromatic N) is 3. The van der Waals surface area contributed by atoms with Crippen LogP contribution >= 0.6 is 11.3 Å². The molecule has 0 bridgehead atoms. The van der Waals surface area contributed by atoms with Crippen LogP contribution in [0.1, 0.15) is 21.6 Å². The maximum absolute atomic E-state index is 13.2. The van der Waals surface area contributed by atoms with Crippen LogP contribution in [0.15, 0.2) is 89.0 Å². The fourth-order valence-corrected chi connectivity index (χ4v) is 4.33. The molecule has 6 nitrogen and oxygen atoms in total. The van der Waals surface area contributed by atoms with Gasteiger partial charge in [0.15, 0.2) is 10.8 Å². The summed E-state index contributed by atoms with van der Waals surface area (Å²) in [6.45, 7) is 2.31. The van der Waals surface area contributed by atoms with Crippen LogP contribution in [-0.4, -0.2) is 20.7 Å². The maximum Gasteiger partial charge on any atom is 0.278 e. The number of carbonyl (C=O) groups is 1. The molecule has 7 heteroatoms. The van der Waals surface area contributed by atoms with E-state index in [0.29, 0.717) is 15.9 Å². The Balaban J connectivity index is 1.49. The number of aryl methyl sites for hydroxylation is 1. The molecule has 0 unspecified atom stereocenters. The summed E-state index contributed by atoms with van der Waals surface area (Å²) in [6, 6.07) is 24.7. The molecule has 0 aliphatic heterocycles. The lowest BCUT2D eigenvalue weighted by Crippen LogP contribution is -2.28. The van der Waals surface area contributed by atoms with E-state index in [1.165, 1.54) is 21.6 Å². The van der Waals surface area contributed by atoms with Crippen LogP contribution in [0.5, 0.6) is 0 Å². The molecule has 0 fully saturated rings. The number of aromatic nitrogens is 3. The van der Waals surface area contributed by atoms with Gasteiger partial charge in [-0.25, -0.2) is 9.67 Å². The fourth-order valence-electron chi connectivity index (χ4n) is 3.61. The molecule has 1 amide bonds. The third-order valence-corrected chi connectivity index (χ3v) is 6.09. The van der Waals surface area contributed by atoms with E-state index in [1.54, 1.807) is 24.3 Å². The number of amides is 1. The molecule has 1 N–H and O–H groups in total. The van der Waals surface area contributed by atoms with Gasteiger partial charge in [0.25, 0.3) is 11.5 Å². The monoisotopic (exact) mass is 452 g/mol. The maximum atomic E-state index is 13.2. The number of carbonyl (C=O) groups excluding carboxylic acids is 1. The molecule has 33 heavy (non-hydrogen) atoms. The van der Waals surface area contributed by atoms with E-state index in [0.717, 1.165) is 16.8 Å². The first kappa shape index (κ1) is 20.8. The van der Waals surface area contributed by atoms with E-state index >= 15 is 0 Å². The fraction of sp³-hybridized carbons (Fsp3) is 0.0769. The zero-order valence-corrected chi connectivity index (χ0v) is 18.7. The van der Waals surface area contributed by atoms with E-state index in [2.05, 4.69) is 15.4 Å². The van der Waals surface area contributed by atoms with Gasteiger partial charge >= 0.3 is 0 Å². The molecule has 5 aromatic rings. The Kier molecular flexibility index (Phi) is 5.54. The second kappa shape index (κ2) is 8.80. The minimum absolute atomic E-state index is 0.188. The van der Waals surface area contributed by atoms with Gasteiger partial charge in [-0.1, -0.05) is 78.4 Å². The minimum Gasteiger partial charge on any atom is -0.296 e. The number of benzene rings is 3. The van der Waals surface area contributed by atoms with Gasteiger partial charge in [-0.15, -0.1) is 11.3 Å². The van der Waals surface area contributed by atoms with Crippen molar-refractivity contribution in [3.05, 3.63) is 111 Å². The van der Waals surface area contributed by atoms with Crippen molar-refractivity contribution in [3.63, 3.8) is 0 Å². The zero-order valence-electron chi connectivity index (χ0n) is 17.9. The molecule has 0 atom stereocenters. The van der Waals surface area contributed by atoms with Crippen LogP contribution in [-0.2, 0) is 6.54 Å². The summed E-state index contributed by atoms with van der Waals surface area (Å²) >= 11 is 1.35. The molecule has 2 aromatic heterocycles. The van der Waals surface area contributed by atoms with Gasteiger partial charge in [0.05, 0.1) is 17.6 Å². The molecule has 162 valence electrons. The number of nitrogens with one attached hydrogen (secondary N) is 1. The van der Waals surface area contributed by atoms with Gasteiger partial charge in [0, 0.05) is 16.3 Å². The van der Waals surface area contributed by atoms with Crippen molar-refractivity contribution in [2.24, 2.45) is 0 Å². The van der Waals surface area contributed by atoms with Crippen LogP contribution in [0.2, 0.25) is 0 Å². The van der Waals surface area contributed by atoms with Crippen LogP contribution < -0.4 is 10.9 Å². The van der Waals surface area contributed by atoms with Gasteiger partial charge in [0.2, 0.25) is 0 Å². The lowest BCUT2D eigenvalue weighted by atomic mass is 10.1. The van der Waals surface area contributed by atoms with E-state index < -0.39 is 5.91 Å². The Bertz CT molecular complexity index is 1510. The quantitative estimate of drug-likeness (QED) is 0.401. The summed E-state index contributed by atoms with van der Waals surface area (Å²) in [6.07, 6.45) is 0. The van der Waals surface area contributed by atoms with Crippen LogP contribution in [0, 0.1) is 6.92 Å². The van der Waals surface area contributed by atoms with Crippen molar-refractivity contribution >= 4 is 33.1 Å². The average Bonchev–Trinajstić information content (AvgIpc) is 3.30. The predicted octanol–water partition coefficient (Wildman–Crippen LogP) is 5.13. The standard InChI is InChI=1S/C26H20N4O2S/c1-17-11-13-19(14-12-17)22-16-33-26(27-22)28-24(31)23-20-9-5-6-10-21(20)25(32)30(29-23)15-18-7-3-2-4-8-18/h2-14,16H,15H2,1H3,(H,27,28,31). The Morgan fingerprint density at radius 3 is 2.39 bits per heavy atom. The second-order valence-corrected chi connectivity index (χ2v) is 8.56. The Labute approximate surface area is 194 Å². The summed E-state index contributed by atoms with van der Waals surface area (Å²) in [7, 11) is 0. The van der Waals surface area contributed by atoms with Gasteiger partial charge < -0.3 is 0 Å². The van der Waals surface area contributed by atoms with Crippen molar-refractivity contribution in [1.82, 2.24) is 14.8 Å². The van der Waals surface area contributed by atoms with Gasteiger partial charge in [0.1, 0.15) is 0 Å². The molecule has 0 aliphatic rings. The van der Waals surface area contributed by atoms with Gasteiger partial charge in [-0.05, 0) is 18.6 Å². The summed E-state index contributed by atoms with van der Waals surface area (Å²) < 4.78 is 1.34. The molecule has 2 heterocycles. The van der Waals surface area contributed by atoms with Crippen molar-refractivity contribution in [1.29, 1.82) is 0 Å². The number of anilines is 1. The van der Waals surface area contributed by atoms with E-state index in [4.69, 9.17) is 0 Å². The van der Waals surface area contributed by atoms with E-state index in [-0.39, 0.29) is 17.8 Å². The Hall–Kier alpha value is -4.10. The first-order chi connectivity index (χ1) is 16.1. The minimum atomic E-state index is -0.405. The molecule has 0 aliphatic carbocycles. The molecule has 0 saturated carbocycles. The third kappa shape index (κ3) is 4.31. The molecule has 5 rings (SSSR count). The number of rotatable bonds is 5. The van der Waals surface area contributed by atoms with Crippen molar-refractivity contribution in [3.8, 4) is 11.3 Å². The summed E-state index contributed by atoms with van der Waals surface area (Å²) in [5, 5.41) is 10.6. The number of hydrogen-bond donors (Lipinski definition) is 1. The van der Waals surface area contributed by atoms with Crippen LogP contribution in [0.4, 0.5) is 5.13 Å². The average molecular weight is 453 g/mol. The first-order valence-electron chi connectivity index (χ1n) is 10.5. The topological polar surface area (TPSA) is 76.9 Å². The summed E-state index contributed by atoms with van der Waals surface area (Å²) in [5.41, 5.74) is 3.83. The smallest absolute Gasteiger partial charge is 0.278 e. The van der Waals surface area contributed by atoms with Crippen molar-refractivity contribution in [2.45, 2.75) is 13.5 Å². The molecule has 0 spiro atoms. The molecular weight excluding hydrogens is 432 g/mol. The SMILES string of the molecule is Cc1ccc(-c2csc(NC(=O)c3nn(Cc4ccccc4)c(=O)c4ccccc34)n2)cc1. The highest BCUT2D eigenvalue weighted by atomic mass is 32.1. The molecule has 0 radical (unpaired) electrons. The number of hydrogen-bond acceptors (Lipinski definition) is 5. The normalized spacial score (nSPS) is 10.9.